The van der Waals surface area contributed by atoms with E-state index in [1.807, 2.05) is 24.3 Å². The largest absolute Gasteiger partial charge is 0.370 e. The number of halogens is 2. The van der Waals surface area contributed by atoms with Gasteiger partial charge in [-0.05, 0) is 37.0 Å². The van der Waals surface area contributed by atoms with Gasteiger partial charge in [0, 0.05) is 16.3 Å². The van der Waals surface area contributed by atoms with Crippen molar-refractivity contribution < 1.29 is 9.47 Å². The molecule has 0 N–H and O–H groups in total. The minimum Gasteiger partial charge on any atom is -0.370 e. The summed E-state index contributed by atoms with van der Waals surface area (Å²) in [6, 6.07) is 7.85. The van der Waals surface area contributed by atoms with E-state index < -0.39 is 0 Å². The van der Waals surface area contributed by atoms with Crippen LogP contribution in [0.25, 0.3) is 0 Å². The van der Waals surface area contributed by atoms with Gasteiger partial charge in [-0.15, -0.1) is 0 Å². The average molecular weight is 374 g/mol. The van der Waals surface area contributed by atoms with Gasteiger partial charge in [-0.2, -0.15) is 0 Å². The van der Waals surface area contributed by atoms with Crippen molar-refractivity contribution in [2.24, 2.45) is 5.92 Å². The lowest BCUT2D eigenvalue weighted by molar-refractivity contribution is -0.0955. The maximum atomic E-state index is 6.45. The summed E-state index contributed by atoms with van der Waals surface area (Å²) in [5.74, 6) is 0.479. The van der Waals surface area contributed by atoms with Gasteiger partial charge in [0.2, 0.25) is 0 Å². The molecule has 0 aromatic heterocycles. The fourth-order valence-corrected chi connectivity index (χ4v) is 5.25. The zero-order valence-corrected chi connectivity index (χ0v) is 15.1. The van der Waals surface area contributed by atoms with Crippen LogP contribution in [0.5, 0.6) is 0 Å². The van der Waals surface area contributed by atoms with Crippen molar-refractivity contribution in [1.82, 2.24) is 0 Å². The van der Waals surface area contributed by atoms with Gasteiger partial charge < -0.3 is 9.47 Å². The number of alkyl halides is 1. The van der Waals surface area contributed by atoms with E-state index >= 15 is 0 Å². The number of benzene rings is 1. The molecule has 0 unspecified atom stereocenters. The molecular formula is C17H22BrClO2. The second-order valence-electron chi connectivity index (χ2n) is 6.83. The number of fused-ring (bicyclic) bond motifs is 2. The quantitative estimate of drug-likeness (QED) is 0.694. The van der Waals surface area contributed by atoms with Gasteiger partial charge in [0.1, 0.15) is 0 Å². The molecule has 1 aromatic carbocycles. The van der Waals surface area contributed by atoms with Crippen molar-refractivity contribution in [3.63, 3.8) is 0 Å². The van der Waals surface area contributed by atoms with Crippen molar-refractivity contribution >= 4 is 27.5 Å². The van der Waals surface area contributed by atoms with E-state index in [4.69, 9.17) is 21.1 Å². The normalized spacial score (nSPS) is 38.4. The zero-order valence-electron chi connectivity index (χ0n) is 12.7. The first kappa shape index (κ1) is 15.8. The maximum absolute atomic E-state index is 6.45. The van der Waals surface area contributed by atoms with Gasteiger partial charge in [0.25, 0.3) is 0 Å². The molecule has 2 nitrogen and oxygen atoms in total. The second-order valence-corrected chi connectivity index (χ2v) is 8.37. The Morgan fingerprint density at radius 1 is 1.33 bits per heavy atom. The molecule has 2 heterocycles. The minimum absolute atomic E-state index is 0.0839. The van der Waals surface area contributed by atoms with Crippen molar-refractivity contribution in [2.75, 3.05) is 0 Å². The highest BCUT2D eigenvalue weighted by Crippen LogP contribution is 2.57. The van der Waals surface area contributed by atoms with Crippen LogP contribution in [0.4, 0.5) is 0 Å². The van der Waals surface area contributed by atoms with Gasteiger partial charge in [-0.25, -0.2) is 0 Å². The zero-order chi connectivity index (χ0) is 15.3. The van der Waals surface area contributed by atoms with E-state index in [-0.39, 0.29) is 17.3 Å². The predicted octanol–water partition coefficient (Wildman–Crippen LogP) is 4.97. The van der Waals surface area contributed by atoms with Crippen LogP contribution in [0.2, 0.25) is 5.02 Å². The molecule has 2 fully saturated rings. The molecule has 2 saturated heterocycles. The van der Waals surface area contributed by atoms with Crippen LogP contribution in [-0.4, -0.2) is 22.1 Å². The van der Waals surface area contributed by atoms with Crippen molar-refractivity contribution in [3.8, 4) is 0 Å². The maximum Gasteiger partial charge on any atom is 0.0936 e. The monoisotopic (exact) mass is 372 g/mol. The first-order valence-corrected chi connectivity index (χ1v) is 8.85. The van der Waals surface area contributed by atoms with E-state index in [2.05, 4.69) is 36.7 Å². The molecule has 3 rings (SSSR count). The van der Waals surface area contributed by atoms with Crippen molar-refractivity contribution in [3.05, 3.63) is 34.9 Å². The van der Waals surface area contributed by atoms with E-state index in [1.165, 1.54) is 0 Å². The molecule has 21 heavy (non-hydrogen) atoms. The third-order valence-corrected chi connectivity index (χ3v) is 6.42. The summed E-state index contributed by atoms with van der Waals surface area (Å²) in [6.45, 7) is 7.27. The van der Waals surface area contributed by atoms with Gasteiger partial charge in [-0.1, -0.05) is 53.5 Å². The van der Waals surface area contributed by atoms with Crippen LogP contribution in [0.1, 0.15) is 39.2 Å². The number of ether oxygens (including phenoxy) is 2. The Morgan fingerprint density at radius 2 is 2.00 bits per heavy atom. The third kappa shape index (κ3) is 2.67. The number of hydrogen-bond donors (Lipinski definition) is 0. The molecule has 116 valence electrons. The molecule has 4 atom stereocenters. The van der Waals surface area contributed by atoms with Gasteiger partial charge in [-0.3, -0.25) is 0 Å². The molecule has 1 aromatic rings. The molecule has 2 bridgehead atoms. The van der Waals surface area contributed by atoms with Crippen LogP contribution < -0.4 is 0 Å². The molecule has 0 amide bonds. The summed E-state index contributed by atoms with van der Waals surface area (Å²) in [7, 11) is 0. The molecular weight excluding hydrogens is 352 g/mol. The molecule has 0 spiro atoms. The topological polar surface area (TPSA) is 18.5 Å². The Bertz CT molecular complexity index is 518. The first-order valence-electron chi connectivity index (χ1n) is 7.56. The number of rotatable bonds is 4. The van der Waals surface area contributed by atoms with Crippen molar-refractivity contribution in [2.45, 2.75) is 62.4 Å². The lowest BCUT2D eigenvalue weighted by Crippen LogP contribution is -2.44. The molecule has 0 aliphatic carbocycles. The van der Waals surface area contributed by atoms with E-state index in [0.717, 1.165) is 23.4 Å². The lowest BCUT2D eigenvalue weighted by atomic mass is 9.75. The SMILES string of the molecule is CC(C)[C@]12C[C@@H](OCc3ccc(Cl)cc3)[C@](C)(C[C@@H]1Br)O2. The first-order chi connectivity index (χ1) is 9.86. The summed E-state index contributed by atoms with van der Waals surface area (Å²) < 4.78 is 12.6. The van der Waals surface area contributed by atoms with E-state index in [9.17, 15) is 0 Å². The molecule has 0 radical (unpaired) electrons. The molecule has 2 aliphatic heterocycles. The van der Waals surface area contributed by atoms with Gasteiger partial charge >= 0.3 is 0 Å². The van der Waals surface area contributed by atoms with Crippen LogP contribution in [0.3, 0.4) is 0 Å². The Hall–Kier alpha value is -0.0900. The van der Waals surface area contributed by atoms with Crippen LogP contribution in [-0.2, 0) is 16.1 Å². The summed E-state index contributed by atoms with van der Waals surface area (Å²) in [6.07, 6.45) is 2.13. The Kier molecular flexibility index (Phi) is 4.15. The van der Waals surface area contributed by atoms with Gasteiger partial charge in [0.15, 0.2) is 0 Å². The molecule has 0 saturated carbocycles. The van der Waals surface area contributed by atoms with Gasteiger partial charge in [0.05, 0.1) is 23.9 Å². The fraction of sp³-hybridized carbons (Fsp3) is 0.647. The van der Waals surface area contributed by atoms with Crippen molar-refractivity contribution in [1.29, 1.82) is 0 Å². The Balaban J connectivity index is 1.69. The Labute approximate surface area is 140 Å². The van der Waals surface area contributed by atoms with Crippen LogP contribution in [0.15, 0.2) is 24.3 Å². The highest BCUT2D eigenvalue weighted by molar-refractivity contribution is 9.09. The third-order valence-electron chi connectivity index (χ3n) is 5.07. The number of hydrogen-bond acceptors (Lipinski definition) is 2. The lowest BCUT2D eigenvalue weighted by Gasteiger charge is -2.35. The Morgan fingerprint density at radius 3 is 2.57 bits per heavy atom. The standard InChI is InChI=1S/C17H22BrClO2/c1-11(2)17-9-15(16(3,21-17)8-14(17)18)20-10-12-4-6-13(19)7-5-12/h4-7,11,14-15H,8-10H2,1-3H3/t14-,15+,16-,17+/m0/s1. The predicted molar refractivity (Wildman–Crippen MR) is 89.0 cm³/mol. The van der Waals surface area contributed by atoms with E-state index in [0.29, 0.717) is 17.4 Å². The summed E-state index contributed by atoms with van der Waals surface area (Å²) in [5, 5.41) is 0.759. The second kappa shape index (κ2) is 5.52. The molecule has 4 heteroatoms. The average Bonchev–Trinajstić information content (AvgIpc) is 2.86. The van der Waals surface area contributed by atoms with E-state index in [1.54, 1.807) is 0 Å². The smallest absolute Gasteiger partial charge is 0.0936 e. The summed E-state index contributed by atoms with van der Waals surface area (Å²) in [5.41, 5.74) is 0.893. The fourth-order valence-electron chi connectivity index (χ4n) is 3.67. The summed E-state index contributed by atoms with van der Waals surface area (Å²) in [4.78, 5) is 0.422. The minimum atomic E-state index is -0.176. The summed E-state index contributed by atoms with van der Waals surface area (Å²) >= 11 is 9.74. The van der Waals surface area contributed by atoms with Crippen LogP contribution >= 0.6 is 27.5 Å². The van der Waals surface area contributed by atoms with Crippen LogP contribution in [0, 0.1) is 5.92 Å². The highest BCUT2D eigenvalue weighted by atomic mass is 79.9. The molecule has 2 aliphatic rings. The highest BCUT2D eigenvalue weighted by Gasteiger charge is 2.65.